The molecule has 0 radical (unpaired) electrons. The second-order valence-corrected chi connectivity index (χ2v) is 3.40. The van der Waals surface area contributed by atoms with E-state index in [4.69, 9.17) is 4.74 Å². The highest BCUT2D eigenvalue weighted by Crippen LogP contribution is 2.03. The van der Waals surface area contributed by atoms with E-state index in [0.29, 0.717) is 6.61 Å². The first-order valence-electron chi connectivity index (χ1n) is 4.74. The van der Waals surface area contributed by atoms with Crippen LogP contribution in [0.15, 0.2) is 0 Å². The summed E-state index contributed by atoms with van der Waals surface area (Å²) >= 11 is 0. The van der Waals surface area contributed by atoms with Crippen molar-refractivity contribution in [2.45, 2.75) is 32.2 Å². The minimum Gasteiger partial charge on any atom is -0.462 e. The molecule has 1 N–H and O–H groups in total. The molecule has 0 amide bonds. The average molecular weight is 172 g/mol. The number of nitrogens with one attached hydrogen (secondary N) is 1. The molecule has 0 saturated carbocycles. The van der Waals surface area contributed by atoms with E-state index in [-0.39, 0.29) is 12.0 Å². The Morgan fingerprint density at radius 3 is 2.92 bits per heavy atom. The third kappa shape index (κ3) is 2.21. The molecule has 1 heterocycles. The zero-order valence-electron chi connectivity index (χ0n) is 7.93. The number of quaternary nitrogens is 1. The van der Waals surface area contributed by atoms with Gasteiger partial charge in [0.15, 0.2) is 6.04 Å². The number of carbonyl (C=O) groups is 1. The molecule has 1 saturated heterocycles. The molecule has 2 atom stereocenters. The number of piperidine rings is 1. The van der Waals surface area contributed by atoms with Crippen LogP contribution in [0, 0.1) is 0 Å². The molecule has 12 heavy (non-hydrogen) atoms. The van der Waals surface area contributed by atoms with Crippen molar-refractivity contribution < 1.29 is 14.4 Å². The average Bonchev–Trinajstić information content (AvgIpc) is 2.05. The van der Waals surface area contributed by atoms with Crippen LogP contribution in [-0.4, -0.2) is 32.2 Å². The second kappa shape index (κ2) is 4.45. The fourth-order valence-corrected chi connectivity index (χ4v) is 1.73. The van der Waals surface area contributed by atoms with E-state index in [1.807, 2.05) is 6.92 Å². The summed E-state index contributed by atoms with van der Waals surface area (Å²) in [6, 6.07) is 0.0960. The van der Waals surface area contributed by atoms with Crippen molar-refractivity contribution >= 4 is 5.97 Å². The Bertz CT molecular complexity index is 159. The fraction of sp³-hybridized carbons (Fsp3) is 0.889. The van der Waals surface area contributed by atoms with Crippen LogP contribution >= 0.6 is 0 Å². The summed E-state index contributed by atoms with van der Waals surface area (Å²) < 4.78 is 4.99. The van der Waals surface area contributed by atoms with Gasteiger partial charge in [0, 0.05) is 6.42 Å². The monoisotopic (exact) mass is 172 g/mol. The number of likely N-dealkylation sites (N-methyl/N-ethyl adjacent to an activating group) is 1. The maximum Gasteiger partial charge on any atom is 0.364 e. The molecule has 0 aromatic heterocycles. The first-order valence-corrected chi connectivity index (χ1v) is 4.74. The van der Waals surface area contributed by atoms with E-state index < -0.39 is 0 Å². The van der Waals surface area contributed by atoms with E-state index in [1.165, 1.54) is 17.7 Å². The Kier molecular flexibility index (Phi) is 3.53. The van der Waals surface area contributed by atoms with Crippen LogP contribution in [0.3, 0.4) is 0 Å². The first kappa shape index (κ1) is 9.52. The minimum atomic E-state index is -0.0188. The van der Waals surface area contributed by atoms with Crippen molar-refractivity contribution in [3.05, 3.63) is 0 Å². The molecule has 1 fully saturated rings. The SMILES string of the molecule is CCOC(=O)[C@@H]1CCCC[NH+]1C. The van der Waals surface area contributed by atoms with Gasteiger partial charge in [0.2, 0.25) is 0 Å². The van der Waals surface area contributed by atoms with Gasteiger partial charge >= 0.3 is 5.97 Å². The molecule has 3 nitrogen and oxygen atoms in total. The van der Waals surface area contributed by atoms with Crippen LogP contribution < -0.4 is 4.90 Å². The van der Waals surface area contributed by atoms with Crippen LogP contribution in [-0.2, 0) is 9.53 Å². The predicted molar refractivity (Wildman–Crippen MR) is 46.0 cm³/mol. The van der Waals surface area contributed by atoms with E-state index in [9.17, 15) is 4.79 Å². The Morgan fingerprint density at radius 2 is 2.33 bits per heavy atom. The lowest BCUT2D eigenvalue weighted by Gasteiger charge is -2.27. The van der Waals surface area contributed by atoms with Gasteiger partial charge in [0.1, 0.15) is 0 Å². The standard InChI is InChI=1S/C9H17NO2/c1-3-12-9(11)8-6-4-5-7-10(8)2/h8H,3-7H2,1-2H3/p+1/t8-/m0/s1. The third-order valence-electron chi connectivity index (χ3n) is 2.48. The maximum atomic E-state index is 11.4. The molecule has 0 aromatic rings. The van der Waals surface area contributed by atoms with Crippen LogP contribution in [0.5, 0.6) is 0 Å². The second-order valence-electron chi connectivity index (χ2n) is 3.40. The lowest BCUT2D eigenvalue weighted by atomic mass is 10.0. The van der Waals surface area contributed by atoms with Crippen molar-refractivity contribution in [3.8, 4) is 0 Å². The largest absolute Gasteiger partial charge is 0.462 e. The van der Waals surface area contributed by atoms with Gasteiger partial charge in [0.05, 0.1) is 20.2 Å². The van der Waals surface area contributed by atoms with Crippen molar-refractivity contribution in [1.82, 2.24) is 0 Å². The van der Waals surface area contributed by atoms with Crippen LogP contribution in [0.25, 0.3) is 0 Å². The highest BCUT2D eigenvalue weighted by molar-refractivity contribution is 5.74. The van der Waals surface area contributed by atoms with E-state index in [0.717, 1.165) is 13.0 Å². The molecule has 1 aliphatic heterocycles. The number of likely N-dealkylation sites (tertiary alicyclic amines) is 1. The van der Waals surface area contributed by atoms with Crippen LogP contribution in [0.1, 0.15) is 26.2 Å². The summed E-state index contributed by atoms with van der Waals surface area (Å²) in [4.78, 5) is 12.7. The predicted octanol–water partition coefficient (Wildman–Crippen LogP) is -0.383. The molecular formula is C9H18NO2+. The minimum absolute atomic E-state index is 0.0188. The van der Waals surface area contributed by atoms with Gasteiger partial charge < -0.3 is 9.64 Å². The molecule has 1 unspecified atom stereocenters. The van der Waals surface area contributed by atoms with Gasteiger partial charge in [-0.3, -0.25) is 0 Å². The quantitative estimate of drug-likeness (QED) is 0.575. The highest BCUT2D eigenvalue weighted by atomic mass is 16.5. The number of rotatable bonds is 2. The normalized spacial score (nSPS) is 29.8. The molecule has 3 heteroatoms. The third-order valence-corrected chi connectivity index (χ3v) is 2.48. The molecule has 70 valence electrons. The molecule has 0 spiro atoms. The topological polar surface area (TPSA) is 30.7 Å². The number of hydrogen-bond acceptors (Lipinski definition) is 2. The lowest BCUT2D eigenvalue weighted by Crippen LogP contribution is -3.15. The Hall–Kier alpha value is -0.570. The summed E-state index contributed by atoms with van der Waals surface area (Å²) in [7, 11) is 2.07. The van der Waals surface area contributed by atoms with E-state index >= 15 is 0 Å². The van der Waals surface area contributed by atoms with Gasteiger partial charge in [-0.15, -0.1) is 0 Å². The molecule has 0 aliphatic carbocycles. The van der Waals surface area contributed by atoms with Gasteiger partial charge in [-0.2, -0.15) is 0 Å². The summed E-state index contributed by atoms with van der Waals surface area (Å²) in [5.74, 6) is -0.0188. The molecule has 1 rings (SSSR count). The summed E-state index contributed by atoms with van der Waals surface area (Å²) in [5.41, 5.74) is 0. The molecule has 0 aromatic carbocycles. The fourth-order valence-electron chi connectivity index (χ4n) is 1.73. The van der Waals surface area contributed by atoms with Crippen LogP contribution in [0.4, 0.5) is 0 Å². The zero-order valence-corrected chi connectivity index (χ0v) is 7.93. The molecular weight excluding hydrogens is 154 g/mol. The van der Waals surface area contributed by atoms with Crippen molar-refractivity contribution in [2.24, 2.45) is 0 Å². The summed E-state index contributed by atoms with van der Waals surface area (Å²) in [6.07, 6.45) is 3.40. The molecule has 1 aliphatic rings. The smallest absolute Gasteiger partial charge is 0.364 e. The number of carbonyl (C=O) groups excluding carboxylic acids is 1. The number of esters is 1. The Balaban J connectivity index is 2.42. The summed E-state index contributed by atoms with van der Waals surface area (Å²) in [6.45, 7) is 3.46. The van der Waals surface area contributed by atoms with Gasteiger partial charge in [-0.05, 0) is 19.8 Å². The molecule has 0 bridgehead atoms. The van der Waals surface area contributed by atoms with Gasteiger partial charge in [-0.1, -0.05) is 0 Å². The van der Waals surface area contributed by atoms with Crippen molar-refractivity contribution in [1.29, 1.82) is 0 Å². The number of hydrogen-bond donors (Lipinski definition) is 1. The Morgan fingerprint density at radius 1 is 1.58 bits per heavy atom. The van der Waals surface area contributed by atoms with Gasteiger partial charge in [-0.25, -0.2) is 4.79 Å². The Labute approximate surface area is 73.7 Å². The van der Waals surface area contributed by atoms with Crippen molar-refractivity contribution in [2.75, 3.05) is 20.2 Å². The van der Waals surface area contributed by atoms with E-state index in [2.05, 4.69) is 7.05 Å². The maximum absolute atomic E-state index is 11.4. The summed E-state index contributed by atoms with van der Waals surface area (Å²) in [5, 5.41) is 0. The van der Waals surface area contributed by atoms with Crippen LogP contribution in [0.2, 0.25) is 0 Å². The van der Waals surface area contributed by atoms with Gasteiger partial charge in [0.25, 0.3) is 0 Å². The zero-order chi connectivity index (χ0) is 8.97. The lowest BCUT2D eigenvalue weighted by molar-refractivity contribution is -0.902. The number of ether oxygens (including phenoxy) is 1. The highest BCUT2D eigenvalue weighted by Gasteiger charge is 2.30. The van der Waals surface area contributed by atoms with E-state index in [1.54, 1.807) is 0 Å². The van der Waals surface area contributed by atoms with Crippen molar-refractivity contribution in [3.63, 3.8) is 0 Å². The first-order chi connectivity index (χ1) is 5.75.